The van der Waals surface area contributed by atoms with Crippen molar-refractivity contribution in [3.63, 3.8) is 0 Å². The SMILES string of the molecule is COc1ccc(OC)c2sc(N(Cc3ccccn3)C(=O)c3ccc(S(=O)(=O)N4CCCc5ccccc54)cc3)nc12. The predicted octanol–water partition coefficient (Wildman–Crippen LogP) is 5.70. The maximum atomic E-state index is 14.0. The number of carbonyl (C=O) groups is 1. The molecule has 42 heavy (non-hydrogen) atoms. The van der Waals surface area contributed by atoms with E-state index in [1.54, 1.807) is 44.7 Å². The van der Waals surface area contributed by atoms with Crippen LogP contribution in [0, 0.1) is 0 Å². The van der Waals surface area contributed by atoms with Crippen molar-refractivity contribution in [2.24, 2.45) is 0 Å². The summed E-state index contributed by atoms with van der Waals surface area (Å²) in [6, 6.07) is 22.7. The maximum Gasteiger partial charge on any atom is 0.264 e. The van der Waals surface area contributed by atoms with Crippen LogP contribution in [0.4, 0.5) is 10.8 Å². The maximum absolute atomic E-state index is 14.0. The van der Waals surface area contributed by atoms with Crippen molar-refractivity contribution >= 4 is 48.3 Å². The van der Waals surface area contributed by atoms with Crippen LogP contribution in [0.1, 0.15) is 28.0 Å². The lowest BCUT2D eigenvalue weighted by atomic mass is 10.0. The molecule has 5 aromatic rings. The summed E-state index contributed by atoms with van der Waals surface area (Å²) in [7, 11) is -0.668. The van der Waals surface area contributed by atoms with Crippen LogP contribution in [0.2, 0.25) is 0 Å². The fourth-order valence-electron chi connectivity index (χ4n) is 5.07. The molecule has 0 fully saturated rings. The van der Waals surface area contributed by atoms with E-state index in [4.69, 9.17) is 14.5 Å². The van der Waals surface area contributed by atoms with Gasteiger partial charge in [-0.3, -0.25) is 19.0 Å². The molecule has 2 aromatic heterocycles. The minimum atomic E-state index is -3.81. The number of ether oxygens (including phenoxy) is 2. The highest BCUT2D eigenvalue weighted by molar-refractivity contribution is 7.92. The first kappa shape index (κ1) is 27.7. The normalized spacial score (nSPS) is 13.0. The average Bonchev–Trinajstić information content (AvgIpc) is 3.48. The number of aryl methyl sites for hydroxylation is 1. The molecule has 1 aliphatic rings. The van der Waals surface area contributed by atoms with Crippen LogP contribution in [0.5, 0.6) is 11.5 Å². The molecule has 0 saturated heterocycles. The van der Waals surface area contributed by atoms with Gasteiger partial charge in [0, 0.05) is 18.3 Å². The van der Waals surface area contributed by atoms with Gasteiger partial charge in [0.25, 0.3) is 15.9 Å². The van der Waals surface area contributed by atoms with Crippen molar-refractivity contribution in [3.05, 3.63) is 102 Å². The van der Waals surface area contributed by atoms with Gasteiger partial charge in [-0.15, -0.1) is 0 Å². The summed E-state index contributed by atoms with van der Waals surface area (Å²) in [4.78, 5) is 24.8. The summed E-state index contributed by atoms with van der Waals surface area (Å²) >= 11 is 1.31. The van der Waals surface area contributed by atoms with E-state index in [9.17, 15) is 13.2 Å². The number of hydrogen-bond donors (Lipinski definition) is 0. The standard InChI is InChI=1S/C31H28N4O5S2/c1-39-26-16-17-27(40-2)29-28(26)33-31(41-29)34(20-23-10-5-6-18-32-23)30(36)22-12-14-24(15-13-22)42(37,38)35-19-7-9-21-8-3-4-11-25(21)35/h3-6,8,10-18H,7,9,19-20H2,1-2H3. The number of rotatable bonds is 8. The summed E-state index contributed by atoms with van der Waals surface area (Å²) in [5.41, 5.74) is 3.29. The molecule has 3 aromatic carbocycles. The molecule has 0 aliphatic carbocycles. The van der Waals surface area contributed by atoms with Crippen LogP contribution in [0.25, 0.3) is 10.2 Å². The van der Waals surface area contributed by atoms with Crippen LogP contribution in [0.15, 0.2) is 90.0 Å². The van der Waals surface area contributed by atoms with Crippen LogP contribution < -0.4 is 18.7 Å². The van der Waals surface area contributed by atoms with E-state index in [-0.39, 0.29) is 17.3 Å². The number of para-hydroxylation sites is 1. The number of anilines is 2. The number of hydrogen-bond acceptors (Lipinski definition) is 8. The monoisotopic (exact) mass is 600 g/mol. The van der Waals surface area contributed by atoms with Crippen molar-refractivity contribution in [2.75, 3.05) is 30.0 Å². The Morgan fingerprint density at radius 3 is 2.43 bits per heavy atom. The highest BCUT2D eigenvalue weighted by atomic mass is 32.2. The Bertz CT molecular complexity index is 1820. The van der Waals surface area contributed by atoms with Crippen molar-refractivity contribution in [1.29, 1.82) is 0 Å². The largest absolute Gasteiger partial charge is 0.495 e. The minimum absolute atomic E-state index is 0.126. The minimum Gasteiger partial charge on any atom is -0.495 e. The van der Waals surface area contributed by atoms with E-state index in [0.29, 0.717) is 45.6 Å². The molecule has 0 spiro atoms. The van der Waals surface area contributed by atoms with E-state index in [1.165, 1.54) is 32.7 Å². The Kier molecular flexibility index (Phi) is 7.53. The lowest BCUT2D eigenvalue weighted by Crippen LogP contribution is -2.35. The fourth-order valence-corrected chi connectivity index (χ4v) is 7.68. The van der Waals surface area contributed by atoms with Crippen LogP contribution >= 0.6 is 11.3 Å². The molecule has 0 N–H and O–H groups in total. The molecule has 11 heteroatoms. The second-order valence-electron chi connectivity index (χ2n) is 9.69. The average molecular weight is 601 g/mol. The van der Waals surface area contributed by atoms with Crippen LogP contribution in [-0.4, -0.2) is 45.1 Å². The molecule has 0 saturated carbocycles. The summed E-state index contributed by atoms with van der Waals surface area (Å²) in [6.45, 7) is 0.567. The fraction of sp³-hybridized carbons (Fsp3) is 0.194. The zero-order valence-corrected chi connectivity index (χ0v) is 24.7. The van der Waals surface area contributed by atoms with Gasteiger partial charge in [-0.05, 0) is 73.0 Å². The molecule has 0 bridgehead atoms. The first-order valence-corrected chi connectivity index (χ1v) is 15.6. The highest BCUT2D eigenvalue weighted by Crippen LogP contribution is 2.41. The summed E-state index contributed by atoms with van der Waals surface area (Å²) in [5, 5.41) is 0.435. The second-order valence-corrected chi connectivity index (χ2v) is 12.5. The third kappa shape index (κ3) is 5.05. The second kappa shape index (κ2) is 11.4. The number of fused-ring (bicyclic) bond motifs is 2. The van der Waals surface area contributed by atoms with Crippen LogP contribution in [0.3, 0.4) is 0 Å². The summed E-state index contributed by atoms with van der Waals surface area (Å²) in [6.07, 6.45) is 3.25. The number of thiazole rings is 1. The van der Waals surface area contributed by atoms with Gasteiger partial charge in [-0.2, -0.15) is 0 Å². The Morgan fingerprint density at radius 1 is 0.952 bits per heavy atom. The van der Waals surface area contributed by atoms with Gasteiger partial charge >= 0.3 is 0 Å². The van der Waals surface area contributed by atoms with Crippen molar-refractivity contribution in [1.82, 2.24) is 9.97 Å². The number of sulfonamides is 1. The zero-order chi connectivity index (χ0) is 29.3. The van der Waals surface area contributed by atoms with Gasteiger partial charge in [0.05, 0.1) is 37.0 Å². The van der Waals surface area contributed by atoms with E-state index < -0.39 is 10.0 Å². The lowest BCUT2D eigenvalue weighted by Gasteiger charge is -2.30. The van der Waals surface area contributed by atoms with Crippen molar-refractivity contribution in [3.8, 4) is 11.5 Å². The third-order valence-electron chi connectivity index (χ3n) is 7.18. The van der Waals surface area contributed by atoms with Gasteiger partial charge < -0.3 is 9.47 Å². The van der Waals surface area contributed by atoms with Gasteiger partial charge in [0.1, 0.15) is 21.7 Å². The molecule has 214 valence electrons. The van der Waals surface area contributed by atoms with Gasteiger partial charge in [-0.25, -0.2) is 13.4 Å². The molecular formula is C31H28N4O5S2. The molecule has 6 rings (SSSR count). The van der Waals surface area contributed by atoms with Crippen molar-refractivity contribution < 1.29 is 22.7 Å². The lowest BCUT2D eigenvalue weighted by molar-refractivity contribution is 0.0984. The molecule has 0 atom stereocenters. The topological polar surface area (TPSA) is 102 Å². The summed E-state index contributed by atoms with van der Waals surface area (Å²) < 4.78 is 40.5. The smallest absolute Gasteiger partial charge is 0.264 e. The van der Waals surface area contributed by atoms with Crippen LogP contribution in [-0.2, 0) is 23.0 Å². The van der Waals surface area contributed by atoms with E-state index in [0.717, 1.165) is 23.1 Å². The number of methoxy groups -OCH3 is 2. The quantitative estimate of drug-likeness (QED) is 0.225. The summed E-state index contributed by atoms with van der Waals surface area (Å²) in [5.74, 6) is 0.839. The van der Waals surface area contributed by atoms with Gasteiger partial charge in [0.2, 0.25) is 0 Å². The van der Waals surface area contributed by atoms with Crippen molar-refractivity contribution in [2.45, 2.75) is 24.3 Å². The molecule has 0 radical (unpaired) electrons. The third-order valence-corrected chi connectivity index (χ3v) is 10.1. The number of amides is 1. The Balaban J connectivity index is 1.36. The Morgan fingerprint density at radius 2 is 1.69 bits per heavy atom. The highest BCUT2D eigenvalue weighted by Gasteiger charge is 2.30. The molecule has 9 nitrogen and oxygen atoms in total. The van der Waals surface area contributed by atoms with E-state index in [2.05, 4.69) is 4.98 Å². The number of carbonyl (C=O) groups excluding carboxylic acids is 1. The number of pyridine rings is 1. The van der Waals surface area contributed by atoms with Gasteiger partial charge in [0.15, 0.2) is 5.13 Å². The molecule has 0 unspecified atom stereocenters. The van der Waals surface area contributed by atoms with E-state index in [1.807, 2.05) is 42.5 Å². The van der Waals surface area contributed by atoms with Gasteiger partial charge in [-0.1, -0.05) is 35.6 Å². The first-order chi connectivity index (χ1) is 20.4. The predicted molar refractivity (Wildman–Crippen MR) is 163 cm³/mol. The zero-order valence-electron chi connectivity index (χ0n) is 23.1. The molecule has 1 amide bonds. The number of benzene rings is 3. The Labute approximate surface area is 248 Å². The molecular weight excluding hydrogens is 572 g/mol. The van der Waals surface area contributed by atoms with E-state index >= 15 is 0 Å². The number of nitrogens with zero attached hydrogens (tertiary/aromatic N) is 4. The number of aromatic nitrogens is 2. The molecule has 1 aliphatic heterocycles. The first-order valence-electron chi connectivity index (χ1n) is 13.3. The Hall–Kier alpha value is -4.48. The molecule has 3 heterocycles.